The predicted octanol–water partition coefficient (Wildman–Crippen LogP) is 2.71. The van der Waals surface area contributed by atoms with Crippen LogP contribution in [0.25, 0.3) is 11.1 Å². The lowest BCUT2D eigenvalue weighted by Crippen LogP contribution is -2.67. The molecule has 2 fully saturated rings. The number of ether oxygens (including phenoxy) is 1. The predicted molar refractivity (Wildman–Crippen MR) is 134 cm³/mol. The first-order valence-electron chi connectivity index (χ1n) is 12.0. The molecule has 9 heteroatoms. The highest BCUT2D eigenvalue weighted by Gasteiger charge is 2.50. The number of hydrogen-bond donors (Lipinski definition) is 1. The molecule has 3 aromatic rings. The molecule has 2 saturated heterocycles. The van der Waals surface area contributed by atoms with Gasteiger partial charge < -0.3 is 14.4 Å². The molecule has 35 heavy (non-hydrogen) atoms. The van der Waals surface area contributed by atoms with Crippen molar-refractivity contribution in [3.63, 3.8) is 0 Å². The van der Waals surface area contributed by atoms with Crippen molar-refractivity contribution in [2.45, 2.75) is 35.9 Å². The Balaban J connectivity index is 1.43. The zero-order valence-corrected chi connectivity index (χ0v) is 20.9. The number of imidazole rings is 1. The van der Waals surface area contributed by atoms with Crippen LogP contribution < -0.4 is 4.74 Å². The van der Waals surface area contributed by atoms with Crippen molar-refractivity contribution < 1.29 is 18.3 Å². The van der Waals surface area contributed by atoms with Gasteiger partial charge in [-0.1, -0.05) is 42.5 Å². The number of aromatic nitrogens is 2. The number of hydrogen-bond acceptors (Lipinski definition) is 6. The Morgan fingerprint density at radius 2 is 1.83 bits per heavy atom. The molecule has 0 spiro atoms. The Bertz CT molecular complexity index is 1270. The number of benzene rings is 2. The van der Waals surface area contributed by atoms with Crippen LogP contribution in [0.3, 0.4) is 0 Å². The van der Waals surface area contributed by atoms with E-state index in [4.69, 9.17) is 4.74 Å². The molecule has 0 radical (unpaired) electrons. The summed E-state index contributed by atoms with van der Waals surface area (Å²) in [4.78, 5) is 6.39. The van der Waals surface area contributed by atoms with Gasteiger partial charge in [0, 0.05) is 49.9 Å². The summed E-state index contributed by atoms with van der Waals surface area (Å²) in [6.45, 7) is 1.77. The highest BCUT2D eigenvalue weighted by Crippen LogP contribution is 2.43. The van der Waals surface area contributed by atoms with Gasteiger partial charge in [-0.05, 0) is 36.6 Å². The average Bonchev–Trinajstić information content (AvgIpc) is 3.30. The maximum absolute atomic E-state index is 13.4. The van der Waals surface area contributed by atoms with Gasteiger partial charge in [-0.3, -0.25) is 4.90 Å². The molecule has 0 bridgehead atoms. The normalized spacial score (nSPS) is 23.7. The third-order valence-corrected chi connectivity index (χ3v) is 9.08. The number of nitrogens with zero attached hydrogens (tertiary/aromatic N) is 4. The highest BCUT2D eigenvalue weighted by molar-refractivity contribution is 7.89. The molecule has 0 unspecified atom stereocenters. The van der Waals surface area contributed by atoms with E-state index >= 15 is 0 Å². The molecule has 186 valence electrons. The SMILES string of the molecule is COc1ccccc1-c1ccc([C@H]2[C@H]3CN(S(=O)(=O)c4cn(C)cn4)CCCCN3[C@H]2CO)cc1. The number of aliphatic hydroxyl groups is 1. The summed E-state index contributed by atoms with van der Waals surface area (Å²) in [5.41, 5.74) is 3.19. The minimum atomic E-state index is -3.69. The molecular formula is C26H32N4O4S. The first-order valence-corrected chi connectivity index (χ1v) is 13.5. The largest absolute Gasteiger partial charge is 0.496 e. The topological polar surface area (TPSA) is 87.9 Å². The van der Waals surface area contributed by atoms with Gasteiger partial charge in [-0.25, -0.2) is 13.4 Å². The number of fused-ring (bicyclic) bond motifs is 1. The summed E-state index contributed by atoms with van der Waals surface area (Å²) in [5, 5.41) is 10.3. The summed E-state index contributed by atoms with van der Waals surface area (Å²) in [6.07, 6.45) is 4.74. The third-order valence-electron chi connectivity index (χ3n) is 7.33. The van der Waals surface area contributed by atoms with Gasteiger partial charge in [0.15, 0.2) is 5.03 Å². The van der Waals surface area contributed by atoms with Crippen LogP contribution in [0.2, 0.25) is 0 Å². The molecule has 2 aromatic carbocycles. The van der Waals surface area contributed by atoms with E-state index in [1.807, 2.05) is 24.3 Å². The lowest BCUT2D eigenvalue weighted by molar-refractivity contribution is -0.0554. The summed E-state index contributed by atoms with van der Waals surface area (Å²) in [6, 6.07) is 16.3. The molecular weight excluding hydrogens is 464 g/mol. The van der Waals surface area contributed by atoms with Crippen LogP contribution in [-0.4, -0.2) is 77.7 Å². The second-order valence-corrected chi connectivity index (χ2v) is 11.2. The van der Waals surface area contributed by atoms with Gasteiger partial charge >= 0.3 is 0 Å². The van der Waals surface area contributed by atoms with Crippen molar-refractivity contribution in [3.8, 4) is 16.9 Å². The van der Waals surface area contributed by atoms with Gasteiger partial charge in [-0.2, -0.15) is 4.31 Å². The number of rotatable bonds is 6. The van der Waals surface area contributed by atoms with Crippen LogP contribution in [0.15, 0.2) is 66.1 Å². The second kappa shape index (κ2) is 9.73. The summed E-state index contributed by atoms with van der Waals surface area (Å²) >= 11 is 0. The fourth-order valence-electron chi connectivity index (χ4n) is 5.55. The van der Waals surface area contributed by atoms with Gasteiger partial charge in [0.25, 0.3) is 10.0 Å². The maximum atomic E-state index is 13.4. The van der Waals surface area contributed by atoms with Gasteiger partial charge in [0.05, 0.1) is 20.0 Å². The molecule has 5 rings (SSSR count). The molecule has 8 nitrogen and oxygen atoms in total. The Kier molecular flexibility index (Phi) is 6.67. The zero-order valence-electron chi connectivity index (χ0n) is 20.1. The van der Waals surface area contributed by atoms with Gasteiger partial charge in [0.1, 0.15) is 5.75 Å². The third kappa shape index (κ3) is 4.38. The summed E-state index contributed by atoms with van der Waals surface area (Å²) in [7, 11) is -0.250. The molecule has 1 aromatic heterocycles. The minimum Gasteiger partial charge on any atom is -0.496 e. The number of sulfonamides is 1. The van der Waals surface area contributed by atoms with E-state index in [-0.39, 0.29) is 29.6 Å². The summed E-state index contributed by atoms with van der Waals surface area (Å²) in [5.74, 6) is 0.866. The van der Waals surface area contributed by atoms with E-state index in [0.29, 0.717) is 13.1 Å². The molecule has 0 aliphatic carbocycles. The average molecular weight is 497 g/mol. The molecule has 2 aliphatic heterocycles. The Hall–Kier alpha value is -2.72. The Morgan fingerprint density at radius 1 is 1.09 bits per heavy atom. The molecule has 3 heterocycles. The molecule has 0 saturated carbocycles. The molecule has 0 amide bonds. The number of aryl methyl sites for hydroxylation is 1. The van der Waals surface area contributed by atoms with E-state index in [1.165, 1.54) is 6.33 Å². The monoisotopic (exact) mass is 496 g/mol. The van der Waals surface area contributed by atoms with E-state index in [9.17, 15) is 13.5 Å². The van der Waals surface area contributed by atoms with Crippen molar-refractivity contribution >= 4 is 10.0 Å². The number of para-hydroxylation sites is 1. The van der Waals surface area contributed by atoms with Crippen LogP contribution in [0, 0.1) is 0 Å². The second-order valence-electron chi connectivity index (χ2n) is 9.35. The fraction of sp³-hybridized carbons (Fsp3) is 0.423. The van der Waals surface area contributed by atoms with Gasteiger partial charge in [0.2, 0.25) is 0 Å². The van der Waals surface area contributed by atoms with Gasteiger partial charge in [-0.15, -0.1) is 0 Å². The van der Waals surface area contributed by atoms with Crippen molar-refractivity contribution in [2.24, 2.45) is 7.05 Å². The molecule has 1 N–H and O–H groups in total. The quantitative estimate of drug-likeness (QED) is 0.565. The van der Waals surface area contributed by atoms with E-state index < -0.39 is 10.0 Å². The lowest BCUT2D eigenvalue weighted by atomic mass is 9.74. The van der Waals surface area contributed by atoms with Crippen LogP contribution >= 0.6 is 0 Å². The van der Waals surface area contributed by atoms with E-state index in [1.54, 1.807) is 29.2 Å². The van der Waals surface area contributed by atoms with E-state index in [0.717, 1.165) is 41.8 Å². The standard InChI is InChI=1S/C26H32N4O4S/c1-28-16-25(27-18-28)35(32,33)29-13-5-6-14-30-22(15-29)26(23(30)17-31)20-11-9-19(10-12-20)21-7-3-4-8-24(21)34-2/h3-4,7-12,16,18,22-23,26,31H,5-6,13-15,17H2,1-2H3/t22-,23+,26+/m1/s1. The smallest absolute Gasteiger partial charge is 0.262 e. The Labute approximate surface area is 206 Å². The van der Waals surface area contributed by atoms with Crippen LogP contribution in [0.5, 0.6) is 5.75 Å². The van der Waals surface area contributed by atoms with E-state index in [2.05, 4.69) is 34.1 Å². The molecule has 3 atom stereocenters. The first kappa shape index (κ1) is 24.0. The molecule has 2 aliphatic rings. The van der Waals surface area contributed by atoms with Crippen molar-refractivity contribution in [2.75, 3.05) is 33.4 Å². The van der Waals surface area contributed by atoms with Crippen molar-refractivity contribution in [3.05, 3.63) is 66.6 Å². The minimum absolute atomic E-state index is 0.00282. The lowest BCUT2D eigenvalue weighted by Gasteiger charge is -2.57. The summed E-state index contributed by atoms with van der Waals surface area (Å²) < 4.78 is 35.5. The van der Waals surface area contributed by atoms with Crippen LogP contribution in [0.4, 0.5) is 0 Å². The maximum Gasteiger partial charge on any atom is 0.262 e. The van der Waals surface area contributed by atoms with Crippen LogP contribution in [-0.2, 0) is 17.1 Å². The van der Waals surface area contributed by atoms with Crippen molar-refractivity contribution in [1.29, 1.82) is 0 Å². The van der Waals surface area contributed by atoms with Crippen molar-refractivity contribution in [1.82, 2.24) is 18.8 Å². The Morgan fingerprint density at radius 3 is 2.51 bits per heavy atom. The van der Waals surface area contributed by atoms with Crippen LogP contribution in [0.1, 0.15) is 24.3 Å². The first-order chi connectivity index (χ1) is 16.9. The number of aliphatic hydroxyl groups excluding tert-OH is 1. The fourth-order valence-corrected chi connectivity index (χ4v) is 7.01. The number of methoxy groups -OCH3 is 1. The zero-order chi connectivity index (χ0) is 24.6. The highest BCUT2D eigenvalue weighted by atomic mass is 32.2.